The zero-order valence-electron chi connectivity index (χ0n) is 17.8. The molecule has 0 spiro atoms. The lowest BCUT2D eigenvalue weighted by Gasteiger charge is -2.40. The van der Waals surface area contributed by atoms with Crippen molar-refractivity contribution < 1.29 is 9.59 Å². The molecule has 0 aromatic heterocycles. The van der Waals surface area contributed by atoms with E-state index in [1.165, 1.54) is 32.1 Å². The lowest BCUT2D eigenvalue weighted by molar-refractivity contribution is -0.130. The van der Waals surface area contributed by atoms with Gasteiger partial charge < -0.3 is 16.0 Å². The van der Waals surface area contributed by atoms with Gasteiger partial charge in [-0.3, -0.25) is 9.59 Å². The van der Waals surface area contributed by atoms with Gasteiger partial charge in [0.2, 0.25) is 11.8 Å². The molecular weight excluding hydrogens is 364 g/mol. The van der Waals surface area contributed by atoms with Gasteiger partial charge in [0.05, 0.1) is 12.5 Å². The molecule has 6 heteroatoms. The molecule has 3 fully saturated rings. The third-order valence-corrected chi connectivity index (χ3v) is 7.54. The van der Waals surface area contributed by atoms with Crippen molar-refractivity contribution in [3.63, 3.8) is 0 Å². The Bertz CT molecular complexity index is 607. The summed E-state index contributed by atoms with van der Waals surface area (Å²) < 4.78 is 0. The Kier molecular flexibility index (Phi) is 7.56. The summed E-state index contributed by atoms with van der Waals surface area (Å²) in [5.41, 5.74) is 4.30. The van der Waals surface area contributed by atoms with Crippen LogP contribution in [0.1, 0.15) is 83.5 Å². The van der Waals surface area contributed by atoms with Crippen LogP contribution in [0.15, 0.2) is 0 Å². The molecule has 0 aromatic rings. The van der Waals surface area contributed by atoms with Crippen LogP contribution in [0.5, 0.6) is 0 Å². The molecule has 1 heterocycles. The highest BCUT2D eigenvalue weighted by molar-refractivity contribution is 5.88. The molecular formula is C23H37N4O2. The van der Waals surface area contributed by atoms with Crippen molar-refractivity contribution in [2.24, 2.45) is 17.1 Å². The van der Waals surface area contributed by atoms with Crippen LogP contribution in [0.25, 0.3) is 0 Å². The summed E-state index contributed by atoms with van der Waals surface area (Å²) in [7, 11) is 0. The van der Waals surface area contributed by atoms with E-state index >= 15 is 0 Å². The first-order chi connectivity index (χ1) is 14.0. The van der Waals surface area contributed by atoms with E-state index in [0.717, 1.165) is 57.7 Å². The average molecular weight is 402 g/mol. The maximum Gasteiger partial charge on any atom is 0.225 e. The molecule has 161 valence electrons. The molecule has 3 N–H and O–H groups in total. The van der Waals surface area contributed by atoms with Crippen molar-refractivity contribution in [1.82, 2.24) is 10.2 Å². The van der Waals surface area contributed by atoms with E-state index in [1.54, 1.807) is 6.42 Å². The molecule has 2 aliphatic carbocycles. The Morgan fingerprint density at radius 3 is 2.24 bits per heavy atom. The summed E-state index contributed by atoms with van der Waals surface area (Å²) in [5, 5.41) is 12.8. The van der Waals surface area contributed by atoms with Crippen molar-refractivity contribution in [2.45, 2.75) is 89.0 Å². The predicted octanol–water partition coefficient (Wildman–Crippen LogP) is 3.07. The average Bonchev–Trinajstić information content (AvgIpc) is 2.75. The lowest BCUT2D eigenvalue weighted by Crippen LogP contribution is -2.55. The van der Waals surface area contributed by atoms with Crippen LogP contribution in [-0.4, -0.2) is 41.9 Å². The summed E-state index contributed by atoms with van der Waals surface area (Å²) >= 11 is 0. The number of likely N-dealkylation sites (tertiary alicyclic amines) is 1. The van der Waals surface area contributed by atoms with Gasteiger partial charge in [-0.2, -0.15) is 5.26 Å². The highest BCUT2D eigenvalue weighted by Crippen LogP contribution is 2.40. The summed E-state index contributed by atoms with van der Waals surface area (Å²) in [6.45, 7) is 2.84. The Labute approximate surface area is 175 Å². The molecule has 29 heavy (non-hydrogen) atoms. The van der Waals surface area contributed by atoms with Gasteiger partial charge in [0, 0.05) is 25.0 Å². The van der Waals surface area contributed by atoms with E-state index in [4.69, 9.17) is 5.73 Å². The Morgan fingerprint density at radius 1 is 1.03 bits per heavy atom. The van der Waals surface area contributed by atoms with E-state index < -0.39 is 11.0 Å². The summed E-state index contributed by atoms with van der Waals surface area (Å²) in [5.74, 6) is 0.257. The molecule has 0 unspecified atom stereocenters. The van der Waals surface area contributed by atoms with Gasteiger partial charge in [-0.15, -0.1) is 0 Å². The smallest absolute Gasteiger partial charge is 0.225 e. The molecule has 1 radical (unpaired) electrons. The molecule has 2 amide bonds. The van der Waals surface area contributed by atoms with Gasteiger partial charge in [-0.25, -0.2) is 0 Å². The number of hydrogen-bond donors (Lipinski definition) is 2. The number of primary amides is 1. The van der Waals surface area contributed by atoms with Crippen LogP contribution in [0.3, 0.4) is 0 Å². The van der Waals surface area contributed by atoms with Crippen molar-refractivity contribution in [3.05, 3.63) is 6.42 Å². The second kappa shape index (κ2) is 9.93. The van der Waals surface area contributed by atoms with Gasteiger partial charge in [0.25, 0.3) is 0 Å². The first-order valence-corrected chi connectivity index (χ1v) is 11.6. The summed E-state index contributed by atoms with van der Waals surface area (Å²) in [6, 6.07) is 2.37. The number of piperidine rings is 1. The second-order valence-electron chi connectivity index (χ2n) is 9.60. The fraction of sp³-hybridized carbons (Fsp3) is 0.826. The van der Waals surface area contributed by atoms with Gasteiger partial charge in [0.1, 0.15) is 5.54 Å². The number of nitriles is 1. The van der Waals surface area contributed by atoms with E-state index in [0.29, 0.717) is 19.3 Å². The third kappa shape index (κ3) is 5.72. The fourth-order valence-electron chi connectivity index (χ4n) is 5.47. The highest BCUT2D eigenvalue weighted by atomic mass is 16.2. The zero-order valence-corrected chi connectivity index (χ0v) is 17.8. The van der Waals surface area contributed by atoms with Crippen LogP contribution in [-0.2, 0) is 9.59 Å². The number of carbonyl (C=O) groups is 2. The maximum atomic E-state index is 12.6. The van der Waals surface area contributed by atoms with Crippen LogP contribution in [0, 0.1) is 29.1 Å². The van der Waals surface area contributed by atoms with Crippen LogP contribution < -0.4 is 11.1 Å². The fourth-order valence-corrected chi connectivity index (χ4v) is 5.47. The third-order valence-electron chi connectivity index (χ3n) is 7.54. The first-order valence-electron chi connectivity index (χ1n) is 11.6. The van der Waals surface area contributed by atoms with Crippen molar-refractivity contribution >= 4 is 11.8 Å². The van der Waals surface area contributed by atoms with Crippen LogP contribution in [0.4, 0.5) is 0 Å². The van der Waals surface area contributed by atoms with Crippen molar-refractivity contribution in [2.75, 3.05) is 19.6 Å². The summed E-state index contributed by atoms with van der Waals surface area (Å²) in [6.07, 6.45) is 14.6. The monoisotopic (exact) mass is 401 g/mol. The number of nitrogens with zero attached hydrogens (tertiary/aromatic N) is 2. The van der Waals surface area contributed by atoms with E-state index in [-0.39, 0.29) is 11.8 Å². The quantitative estimate of drug-likeness (QED) is 0.685. The van der Waals surface area contributed by atoms with E-state index in [2.05, 4.69) is 16.3 Å². The minimum atomic E-state index is -0.789. The normalized spacial score (nSPS) is 25.1. The molecule has 0 atom stereocenters. The first kappa shape index (κ1) is 22.1. The summed E-state index contributed by atoms with van der Waals surface area (Å²) in [4.78, 5) is 27.1. The lowest BCUT2D eigenvalue weighted by atomic mass is 9.70. The SMILES string of the molecule is N#CC1(NC(=O)[CH]CC2(C(N)=O)CCCCC2)CCN(CC2CCCCC2)CC1. The Balaban J connectivity index is 1.47. The number of nitrogens with two attached hydrogens (primary N) is 1. The largest absolute Gasteiger partial charge is 0.369 e. The van der Waals surface area contributed by atoms with Crippen molar-refractivity contribution in [3.8, 4) is 6.07 Å². The Morgan fingerprint density at radius 2 is 1.66 bits per heavy atom. The minimum absolute atomic E-state index is 0.238. The number of nitrogens with one attached hydrogen (secondary N) is 1. The predicted molar refractivity (Wildman–Crippen MR) is 112 cm³/mol. The molecule has 2 saturated carbocycles. The molecule has 1 saturated heterocycles. The molecule has 0 aromatic carbocycles. The maximum absolute atomic E-state index is 12.6. The van der Waals surface area contributed by atoms with E-state index in [1.807, 2.05) is 0 Å². The second-order valence-corrected chi connectivity index (χ2v) is 9.60. The van der Waals surface area contributed by atoms with Crippen LogP contribution >= 0.6 is 0 Å². The molecule has 3 aliphatic rings. The number of carbonyl (C=O) groups excluding carboxylic acids is 2. The number of amides is 2. The topological polar surface area (TPSA) is 99.2 Å². The molecule has 0 bridgehead atoms. The minimum Gasteiger partial charge on any atom is -0.369 e. The van der Waals surface area contributed by atoms with Crippen LogP contribution in [0.2, 0.25) is 0 Å². The molecule has 1 aliphatic heterocycles. The molecule has 6 nitrogen and oxygen atoms in total. The number of hydrogen-bond acceptors (Lipinski definition) is 4. The standard InChI is InChI=1S/C23H37N4O2/c24-18-23(13-15-27(16-14-23)17-19-7-3-1-4-8-19)26-20(28)9-12-22(21(25)29)10-5-2-6-11-22/h9,19H,1-8,10-17H2,(H2,25,29)(H,26,28). The Hall–Kier alpha value is -1.61. The number of rotatable bonds is 7. The van der Waals surface area contributed by atoms with Crippen molar-refractivity contribution in [1.29, 1.82) is 5.26 Å². The van der Waals surface area contributed by atoms with Gasteiger partial charge in [0.15, 0.2) is 0 Å². The highest BCUT2D eigenvalue weighted by Gasteiger charge is 2.40. The van der Waals surface area contributed by atoms with Gasteiger partial charge >= 0.3 is 0 Å². The molecule has 3 rings (SSSR count). The van der Waals surface area contributed by atoms with Gasteiger partial charge in [-0.05, 0) is 50.9 Å². The zero-order chi connectivity index (χ0) is 20.7. The van der Waals surface area contributed by atoms with E-state index in [9.17, 15) is 14.9 Å². The van der Waals surface area contributed by atoms with Gasteiger partial charge in [-0.1, -0.05) is 38.5 Å².